The van der Waals surface area contributed by atoms with E-state index in [-0.39, 0.29) is 5.78 Å². The molecule has 0 aliphatic rings. The molecule has 1 N–H and O–H groups in total. The quantitative estimate of drug-likeness (QED) is 0.615. The molecule has 0 heterocycles. The minimum Gasteiger partial charge on any atom is -0.497 e. The second-order valence-electron chi connectivity index (χ2n) is 3.48. The van der Waals surface area contributed by atoms with Crippen molar-refractivity contribution in [3.63, 3.8) is 0 Å². The number of Topliss-reactive ketones (excluding diaryl/α,β-unsaturated/α-hetero) is 1. The van der Waals surface area contributed by atoms with Crippen LogP contribution in [0.1, 0.15) is 23.2 Å². The normalized spacial score (nSPS) is 10.2. The van der Waals surface area contributed by atoms with Crippen molar-refractivity contribution in [1.82, 2.24) is 5.32 Å². The van der Waals surface area contributed by atoms with Crippen LogP contribution in [0.5, 0.6) is 5.75 Å². The zero-order chi connectivity index (χ0) is 12.0. The lowest BCUT2D eigenvalue weighted by atomic mass is 10.1. The lowest BCUT2D eigenvalue weighted by Crippen LogP contribution is -2.10. The minimum absolute atomic E-state index is 0.0721. The van der Waals surface area contributed by atoms with E-state index in [2.05, 4.69) is 5.32 Å². The van der Waals surface area contributed by atoms with E-state index in [1.807, 2.05) is 7.05 Å². The summed E-state index contributed by atoms with van der Waals surface area (Å²) in [5.74, 6) is 0.736. The number of rotatable bonds is 6. The number of ether oxygens (including phenoxy) is 1. The third-order valence-electron chi connectivity index (χ3n) is 2.31. The highest BCUT2D eigenvalue weighted by atomic mass is 35.5. The Morgan fingerprint density at radius 2 is 2.25 bits per heavy atom. The van der Waals surface area contributed by atoms with Gasteiger partial charge in [-0.25, -0.2) is 0 Å². The largest absolute Gasteiger partial charge is 0.497 e. The van der Waals surface area contributed by atoms with Crippen LogP contribution >= 0.6 is 11.6 Å². The molecule has 0 unspecified atom stereocenters. The summed E-state index contributed by atoms with van der Waals surface area (Å²) in [6.07, 6.45) is 1.32. The highest BCUT2D eigenvalue weighted by molar-refractivity contribution is 6.34. The van der Waals surface area contributed by atoms with Gasteiger partial charge in [-0.05, 0) is 38.2 Å². The fourth-order valence-corrected chi connectivity index (χ4v) is 1.69. The van der Waals surface area contributed by atoms with E-state index in [0.29, 0.717) is 22.8 Å². The van der Waals surface area contributed by atoms with Crippen molar-refractivity contribution in [1.29, 1.82) is 0 Å². The molecule has 16 heavy (non-hydrogen) atoms. The maximum absolute atomic E-state index is 11.8. The van der Waals surface area contributed by atoms with Gasteiger partial charge in [0, 0.05) is 12.0 Å². The number of carbonyl (C=O) groups is 1. The predicted octanol–water partition coefficient (Wildman–Crippen LogP) is 2.53. The lowest BCUT2D eigenvalue weighted by molar-refractivity contribution is 0.0980. The summed E-state index contributed by atoms with van der Waals surface area (Å²) in [7, 11) is 3.44. The maximum atomic E-state index is 11.8. The van der Waals surface area contributed by atoms with Gasteiger partial charge in [0.05, 0.1) is 12.1 Å². The van der Waals surface area contributed by atoms with E-state index in [1.54, 1.807) is 25.3 Å². The van der Waals surface area contributed by atoms with Crippen LogP contribution in [0, 0.1) is 0 Å². The smallest absolute Gasteiger partial charge is 0.164 e. The van der Waals surface area contributed by atoms with Gasteiger partial charge in [0.15, 0.2) is 5.78 Å². The molecule has 0 spiro atoms. The van der Waals surface area contributed by atoms with E-state index in [4.69, 9.17) is 16.3 Å². The monoisotopic (exact) mass is 241 g/mol. The average Bonchev–Trinajstić information content (AvgIpc) is 2.29. The number of methoxy groups -OCH3 is 1. The second kappa shape index (κ2) is 6.51. The van der Waals surface area contributed by atoms with Gasteiger partial charge in [-0.3, -0.25) is 4.79 Å². The Morgan fingerprint density at radius 3 is 2.81 bits per heavy atom. The molecule has 0 aliphatic carbocycles. The summed E-state index contributed by atoms with van der Waals surface area (Å²) in [4.78, 5) is 11.8. The number of nitrogens with one attached hydrogen (secondary N) is 1. The molecular formula is C12H16ClNO2. The summed E-state index contributed by atoms with van der Waals surface area (Å²) < 4.78 is 5.02. The molecule has 3 nitrogen and oxygen atoms in total. The van der Waals surface area contributed by atoms with Crippen molar-refractivity contribution in [3.05, 3.63) is 28.8 Å². The second-order valence-corrected chi connectivity index (χ2v) is 3.88. The minimum atomic E-state index is 0.0721. The lowest BCUT2D eigenvalue weighted by Gasteiger charge is -2.05. The topological polar surface area (TPSA) is 38.3 Å². The molecule has 0 saturated carbocycles. The first kappa shape index (κ1) is 13.0. The van der Waals surface area contributed by atoms with Gasteiger partial charge in [0.25, 0.3) is 0 Å². The van der Waals surface area contributed by atoms with Gasteiger partial charge in [-0.2, -0.15) is 0 Å². The van der Waals surface area contributed by atoms with Crippen LogP contribution in [-0.2, 0) is 0 Å². The Labute approximate surface area is 101 Å². The summed E-state index contributed by atoms with van der Waals surface area (Å²) in [5.41, 5.74) is 0.568. The van der Waals surface area contributed by atoms with Gasteiger partial charge in [0.1, 0.15) is 5.75 Å². The maximum Gasteiger partial charge on any atom is 0.164 e. The molecule has 0 fully saturated rings. The highest BCUT2D eigenvalue weighted by Crippen LogP contribution is 2.23. The molecule has 1 aromatic carbocycles. The SMILES string of the molecule is CNCCCC(=O)c1ccc(OC)cc1Cl. The molecule has 0 atom stereocenters. The number of benzene rings is 1. The van der Waals surface area contributed by atoms with Crippen LogP contribution in [0.25, 0.3) is 0 Å². The molecular weight excluding hydrogens is 226 g/mol. The fourth-order valence-electron chi connectivity index (χ4n) is 1.41. The van der Waals surface area contributed by atoms with E-state index in [1.165, 1.54) is 0 Å². The van der Waals surface area contributed by atoms with Crippen LogP contribution in [0.4, 0.5) is 0 Å². The summed E-state index contributed by atoms with van der Waals surface area (Å²) >= 11 is 6.00. The van der Waals surface area contributed by atoms with Crippen LogP contribution < -0.4 is 10.1 Å². The van der Waals surface area contributed by atoms with Crippen LogP contribution in [0.2, 0.25) is 5.02 Å². The highest BCUT2D eigenvalue weighted by Gasteiger charge is 2.10. The van der Waals surface area contributed by atoms with Crippen molar-refractivity contribution in [2.24, 2.45) is 0 Å². The molecule has 4 heteroatoms. The van der Waals surface area contributed by atoms with Crippen molar-refractivity contribution in [2.75, 3.05) is 20.7 Å². The number of halogens is 1. The Hall–Kier alpha value is -1.06. The zero-order valence-electron chi connectivity index (χ0n) is 9.55. The fraction of sp³-hybridized carbons (Fsp3) is 0.417. The van der Waals surface area contributed by atoms with Crippen LogP contribution in [-0.4, -0.2) is 26.5 Å². The van der Waals surface area contributed by atoms with E-state index in [0.717, 1.165) is 13.0 Å². The van der Waals surface area contributed by atoms with Gasteiger partial charge < -0.3 is 10.1 Å². The summed E-state index contributed by atoms with van der Waals surface area (Å²) in [6, 6.07) is 5.12. The van der Waals surface area contributed by atoms with Crippen LogP contribution in [0.3, 0.4) is 0 Å². The molecule has 1 rings (SSSR count). The first-order valence-electron chi connectivity index (χ1n) is 5.20. The van der Waals surface area contributed by atoms with Gasteiger partial charge in [-0.15, -0.1) is 0 Å². The predicted molar refractivity (Wildman–Crippen MR) is 65.5 cm³/mol. The number of ketones is 1. The molecule has 1 aromatic rings. The van der Waals surface area contributed by atoms with E-state index >= 15 is 0 Å². The zero-order valence-corrected chi connectivity index (χ0v) is 10.3. The first-order valence-corrected chi connectivity index (χ1v) is 5.58. The molecule has 0 radical (unpaired) electrons. The molecule has 88 valence electrons. The van der Waals surface area contributed by atoms with Gasteiger partial charge in [0.2, 0.25) is 0 Å². The summed E-state index contributed by atoms with van der Waals surface area (Å²) in [5, 5.41) is 3.45. The van der Waals surface area contributed by atoms with Crippen molar-refractivity contribution in [2.45, 2.75) is 12.8 Å². The molecule has 0 saturated heterocycles. The van der Waals surface area contributed by atoms with Crippen molar-refractivity contribution in [3.8, 4) is 5.75 Å². The Bertz CT molecular complexity index is 366. The first-order chi connectivity index (χ1) is 7.69. The van der Waals surface area contributed by atoms with E-state index in [9.17, 15) is 4.79 Å². The summed E-state index contributed by atoms with van der Waals surface area (Å²) in [6.45, 7) is 0.833. The molecule has 0 aliphatic heterocycles. The van der Waals surface area contributed by atoms with Gasteiger partial charge in [-0.1, -0.05) is 11.6 Å². The third-order valence-corrected chi connectivity index (χ3v) is 2.62. The molecule has 0 aromatic heterocycles. The Morgan fingerprint density at radius 1 is 1.50 bits per heavy atom. The number of hydrogen-bond acceptors (Lipinski definition) is 3. The molecule has 0 amide bonds. The number of carbonyl (C=O) groups excluding carboxylic acids is 1. The van der Waals surface area contributed by atoms with E-state index < -0.39 is 0 Å². The Kier molecular flexibility index (Phi) is 5.29. The molecule has 0 bridgehead atoms. The Balaban J connectivity index is 2.68. The van der Waals surface area contributed by atoms with Crippen LogP contribution in [0.15, 0.2) is 18.2 Å². The van der Waals surface area contributed by atoms with Gasteiger partial charge >= 0.3 is 0 Å². The number of hydrogen-bond donors (Lipinski definition) is 1. The third kappa shape index (κ3) is 3.51. The standard InChI is InChI=1S/C12H16ClNO2/c1-14-7-3-4-12(15)10-6-5-9(16-2)8-11(10)13/h5-6,8,14H,3-4,7H2,1-2H3. The average molecular weight is 242 g/mol. The van der Waals surface area contributed by atoms with Crippen molar-refractivity contribution >= 4 is 17.4 Å². The van der Waals surface area contributed by atoms with Crippen molar-refractivity contribution < 1.29 is 9.53 Å².